The summed E-state index contributed by atoms with van der Waals surface area (Å²) in [6, 6.07) is 14.4. The molecule has 0 saturated carbocycles. The normalized spacial score (nSPS) is 13.3. The fourth-order valence-electron chi connectivity index (χ4n) is 3.83. The third-order valence-electron chi connectivity index (χ3n) is 5.90. The van der Waals surface area contributed by atoms with E-state index in [1.54, 1.807) is 0 Å². The number of hydrogen-bond acceptors (Lipinski definition) is 5. The number of carboxylic acids is 1. The number of rotatable bonds is 11. The summed E-state index contributed by atoms with van der Waals surface area (Å²) in [5, 5.41) is 13.6. The van der Waals surface area contributed by atoms with Gasteiger partial charge in [0.15, 0.2) is 5.84 Å². The Morgan fingerprint density at radius 2 is 1.79 bits per heavy atom. The second-order valence-corrected chi connectivity index (χ2v) is 8.16. The van der Waals surface area contributed by atoms with Gasteiger partial charge in [-0.15, -0.1) is 0 Å². The summed E-state index contributed by atoms with van der Waals surface area (Å²) < 4.78 is 0. The minimum absolute atomic E-state index is 0.128. The lowest BCUT2D eigenvalue weighted by Crippen LogP contribution is -2.48. The molecule has 6 N–H and O–H groups in total. The molecule has 0 bridgehead atoms. The standard InChI is InChI=1S/C25H35N5O3/c1-4-6-11-22(31)30(23(25(32)33)17(3)5-2)16-18-12-14-19(15-13-18)20-9-7-8-10-21(20)24(28-26)29-27/h7-10,12-15,17,23H,4-6,11,16,26-27H2,1-3H3,(H,28,29)(H,32,33)/t17-,23?/m0/s1. The first-order chi connectivity index (χ1) is 15.9. The number of carbonyl (C=O) groups is 2. The third-order valence-corrected chi connectivity index (χ3v) is 5.90. The lowest BCUT2D eigenvalue weighted by Gasteiger charge is -2.33. The molecule has 0 radical (unpaired) electrons. The highest BCUT2D eigenvalue weighted by atomic mass is 16.4. The van der Waals surface area contributed by atoms with Gasteiger partial charge in [0, 0.05) is 18.5 Å². The highest BCUT2D eigenvalue weighted by molar-refractivity contribution is 6.04. The minimum atomic E-state index is -0.970. The molecule has 1 unspecified atom stereocenters. The largest absolute Gasteiger partial charge is 0.480 e. The Labute approximate surface area is 195 Å². The lowest BCUT2D eigenvalue weighted by molar-refractivity contribution is -0.153. The molecular formula is C25H35N5O3. The van der Waals surface area contributed by atoms with Crippen molar-refractivity contribution in [1.82, 2.24) is 10.3 Å². The van der Waals surface area contributed by atoms with E-state index in [0.29, 0.717) is 18.7 Å². The summed E-state index contributed by atoms with van der Waals surface area (Å²) in [5.74, 6) is 10.1. The molecule has 0 heterocycles. The SMILES string of the molecule is CCCCC(=O)N(Cc1ccc(-c2ccccc2/C(=N/N)NN)cc1)C(C(=O)O)[C@@H](C)CC. The van der Waals surface area contributed by atoms with E-state index < -0.39 is 12.0 Å². The number of hydrogen-bond donors (Lipinski definition) is 4. The van der Waals surface area contributed by atoms with Crippen molar-refractivity contribution in [2.24, 2.45) is 22.7 Å². The molecule has 0 spiro atoms. The second-order valence-electron chi connectivity index (χ2n) is 8.16. The topological polar surface area (TPSA) is 134 Å². The van der Waals surface area contributed by atoms with Crippen LogP contribution in [0.25, 0.3) is 11.1 Å². The lowest BCUT2D eigenvalue weighted by atomic mass is 9.95. The van der Waals surface area contributed by atoms with Crippen LogP contribution in [0.2, 0.25) is 0 Å². The first-order valence-corrected chi connectivity index (χ1v) is 11.3. The average Bonchev–Trinajstić information content (AvgIpc) is 2.83. The van der Waals surface area contributed by atoms with Crippen LogP contribution in [0.1, 0.15) is 57.6 Å². The Balaban J connectivity index is 2.36. The fourth-order valence-corrected chi connectivity index (χ4v) is 3.83. The van der Waals surface area contributed by atoms with E-state index in [9.17, 15) is 14.7 Å². The number of amidine groups is 1. The van der Waals surface area contributed by atoms with Crippen LogP contribution in [-0.2, 0) is 16.1 Å². The molecule has 1 amide bonds. The highest BCUT2D eigenvalue weighted by Gasteiger charge is 2.33. The maximum Gasteiger partial charge on any atom is 0.326 e. The molecule has 0 fully saturated rings. The predicted octanol–water partition coefficient (Wildman–Crippen LogP) is 3.46. The summed E-state index contributed by atoms with van der Waals surface area (Å²) >= 11 is 0. The molecule has 0 aliphatic rings. The van der Waals surface area contributed by atoms with Gasteiger partial charge < -0.3 is 21.3 Å². The third kappa shape index (κ3) is 6.55. The Bertz CT molecular complexity index is 959. The number of unbranched alkanes of at least 4 members (excludes halogenated alkanes) is 1. The number of hydrazine groups is 1. The van der Waals surface area contributed by atoms with Crippen LogP contribution in [0.15, 0.2) is 53.6 Å². The van der Waals surface area contributed by atoms with Gasteiger partial charge in [-0.2, -0.15) is 5.10 Å². The van der Waals surface area contributed by atoms with E-state index in [4.69, 9.17) is 11.7 Å². The molecule has 2 aromatic rings. The van der Waals surface area contributed by atoms with Crippen molar-refractivity contribution >= 4 is 17.7 Å². The molecule has 2 atom stereocenters. The van der Waals surface area contributed by atoms with E-state index in [-0.39, 0.29) is 18.4 Å². The Kier molecular flexibility index (Phi) is 9.87. The van der Waals surface area contributed by atoms with Gasteiger partial charge in [-0.3, -0.25) is 4.79 Å². The van der Waals surface area contributed by atoms with Crippen molar-refractivity contribution in [2.45, 2.75) is 59.0 Å². The first-order valence-electron chi connectivity index (χ1n) is 11.3. The van der Waals surface area contributed by atoms with Crippen molar-refractivity contribution < 1.29 is 14.7 Å². The van der Waals surface area contributed by atoms with Gasteiger partial charge in [-0.1, -0.05) is 82.1 Å². The van der Waals surface area contributed by atoms with Crippen LogP contribution in [0.3, 0.4) is 0 Å². The van der Waals surface area contributed by atoms with Crippen LogP contribution >= 0.6 is 0 Å². The quantitative estimate of drug-likeness (QED) is 0.178. The van der Waals surface area contributed by atoms with E-state index in [1.807, 2.05) is 69.3 Å². The zero-order valence-electron chi connectivity index (χ0n) is 19.6. The van der Waals surface area contributed by atoms with E-state index >= 15 is 0 Å². The number of hydrazone groups is 1. The van der Waals surface area contributed by atoms with Gasteiger partial charge in [0.2, 0.25) is 5.91 Å². The molecule has 2 rings (SSSR count). The summed E-state index contributed by atoms with van der Waals surface area (Å²) in [4.78, 5) is 26.6. The van der Waals surface area contributed by atoms with Crippen molar-refractivity contribution in [1.29, 1.82) is 0 Å². The van der Waals surface area contributed by atoms with E-state index in [2.05, 4.69) is 10.5 Å². The molecule has 0 aromatic heterocycles. The first kappa shape index (κ1) is 25.9. The van der Waals surface area contributed by atoms with Gasteiger partial charge in [-0.25, -0.2) is 10.6 Å². The van der Waals surface area contributed by atoms with Crippen molar-refractivity contribution in [3.8, 4) is 11.1 Å². The number of nitrogens with one attached hydrogen (secondary N) is 1. The van der Waals surface area contributed by atoms with Gasteiger partial charge in [0.1, 0.15) is 6.04 Å². The van der Waals surface area contributed by atoms with Gasteiger partial charge in [-0.05, 0) is 29.0 Å². The molecule has 0 saturated heterocycles. The Morgan fingerprint density at radius 1 is 1.12 bits per heavy atom. The molecule has 8 nitrogen and oxygen atoms in total. The molecule has 2 aromatic carbocycles. The van der Waals surface area contributed by atoms with Crippen molar-refractivity contribution in [3.63, 3.8) is 0 Å². The smallest absolute Gasteiger partial charge is 0.326 e. The number of carbonyl (C=O) groups excluding carboxylic acids is 1. The summed E-state index contributed by atoms with van der Waals surface area (Å²) in [6.07, 6.45) is 2.62. The molecule has 33 heavy (non-hydrogen) atoms. The minimum Gasteiger partial charge on any atom is -0.480 e. The number of nitrogens with two attached hydrogens (primary N) is 2. The van der Waals surface area contributed by atoms with Crippen LogP contribution < -0.4 is 17.1 Å². The van der Waals surface area contributed by atoms with E-state index in [1.165, 1.54) is 4.90 Å². The number of carboxylic acid groups (broad SMARTS) is 1. The zero-order chi connectivity index (χ0) is 24.4. The molecule has 0 aliphatic heterocycles. The fraction of sp³-hybridized carbons (Fsp3) is 0.400. The maximum atomic E-state index is 13.0. The zero-order valence-corrected chi connectivity index (χ0v) is 19.6. The molecular weight excluding hydrogens is 418 g/mol. The summed E-state index contributed by atoms with van der Waals surface area (Å²) in [6.45, 7) is 6.07. The molecule has 178 valence electrons. The van der Waals surface area contributed by atoms with Crippen molar-refractivity contribution in [2.75, 3.05) is 0 Å². The Hall–Kier alpha value is -3.39. The van der Waals surface area contributed by atoms with Crippen molar-refractivity contribution in [3.05, 3.63) is 59.7 Å². The molecule has 8 heteroatoms. The maximum absolute atomic E-state index is 13.0. The van der Waals surface area contributed by atoms with Crippen LogP contribution in [0.4, 0.5) is 0 Å². The number of amides is 1. The number of aliphatic carboxylic acids is 1. The second kappa shape index (κ2) is 12.6. The monoisotopic (exact) mass is 453 g/mol. The van der Waals surface area contributed by atoms with Gasteiger partial charge >= 0.3 is 5.97 Å². The van der Waals surface area contributed by atoms with Crippen LogP contribution in [0, 0.1) is 5.92 Å². The number of nitrogens with zero attached hydrogens (tertiary/aromatic N) is 2. The highest BCUT2D eigenvalue weighted by Crippen LogP contribution is 2.26. The average molecular weight is 454 g/mol. The van der Waals surface area contributed by atoms with Gasteiger partial charge in [0.05, 0.1) is 0 Å². The predicted molar refractivity (Wildman–Crippen MR) is 131 cm³/mol. The number of benzene rings is 2. The molecule has 0 aliphatic carbocycles. The van der Waals surface area contributed by atoms with Crippen LogP contribution in [0.5, 0.6) is 0 Å². The van der Waals surface area contributed by atoms with E-state index in [0.717, 1.165) is 35.1 Å². The van der Waals surface area contributed by atoms with Crippen LogP contribution in [-0.4, -0.2) is 33.8 Å². The summed E-state index contributed by atoms with van der Waals surface area (Å²) in [7, 11) is 0. The van der Waals surface area contributed by atoms with Gasteiger partial charge in [0.25, 0.3) is 0 Å². The summed E-state index contributed by atoms with van der Waals surface area (Å²) in [5.41, 5.74) is 5.95. The Morgan fingerprint density at radius 3 is 2.33 bits per heavy atom.